The normalized spacial score (nSPS) is 19.4. The Hall–Kier alpha value is -0.690. The number of aliphatic hydroxyl groups is 1. The van der Waals surface area contributed by atoms with Gasteiger partial charge in [0, 0.05) is 19.6 Å². The first kappa shape index (κ1) is 13.4. The van der Waals surface area contributed by atoms with E-state index >= 15 is 0 Å². The van der Waals surface area contributed by atoms with Crippen molar-refractivity contribution in [1.29, 1.82) is 0 Å². The fourth-order valence-electron chi connectivity index (χ4n) is 1.75. The first-order valence-corrected chi connectivity index (χ1v) is 5.32. The Labute approximate surface area is 94.8 Å². The molecule has 0 saturated carbocycles. The van der Waals surface area contributed by atoms with E-state index in [0.29, 0.717) is 13.2 Å². The van der Waals surface area contributed by atoms with Gasteiger partial charge in [0.2, 0.25) is 0 Å². The highest BCUT2D eigenvalue weighted by molar-refractivity contribution is 5.68. The molecule has 1 heterocycles. The average molecular weight is 233 g/mol. The SMILES string of the molecule is CC1(OCC(=O)O)CN(CCOCCO)C1. The highest BCUT2D eigenvalue weighted by Gasteiger charge is 2.39. The van der Waals surface area contributed by atoms with Gasteiger partial charge in [0.25, 0.3) is 0 Å². The van der Waals surface area contributed by atoms with Gasteiger partial charge in [-0.3, -0.25) is 4.90 Å². The third-order valence-corrected chi connectivity index (χ3v) is 2.45. The molecule has 1 fully saturated rings. The molecule has 0 aromatic rings. The largest absolute Gasteiger partial charge is 0.480 e. The minimum Gasteiger partial charge on any atom is -0.480 e. The minimum atomic E-state index is -0.939. The predicted molar refractivity (Wildman–Crippen MR) is 56.3 cm³/mol. The molecule has 0 bridgehead atoms. The van der Waals surface area contributed by atoms with Crippen molar-refractivity contribution in [3.63, 3.8) is 0 Å². The molecule has 0 aromatic heterocycles. The topological polar surface area (TPSA) is 79.2 Å². The third-order valence-electron chi connectivity index (χ3n) is 2.45. The maximum atomic E-state index is 10.3. The van der Waals surface area contributed by atoms with E-state index in [1.165, 1.54) is 0 Å². The van der Waals surface area contributed by atoms with Gasteiger partial charge in [-0.1, -0.05) is 0 Å². The molecule has 0 aliphatic carbocycles. The van der Waals surface area contributed by atoms with Crippen molar-refractivity contribution in [2.75, 3.05) is 46.1 Å². The van der Waals surface area contributed by atoms with Crippen LogP contribution in [0.5, 0.6) is 0 Å². The molecular formula is C10H19NO5. The van der Waals surface area contributed by atoms with Gasteiger partial charge in [-0.25, -0.2) is 4.79 Å². The number of nitrogens with zero attached hydrogens (tertiary/aromatic N) is 1. The molecule has 0 amide bonds. The average Bonchev–Trinajstić information content (AvgIpc) is 2.18. The Bertz CT molecular complexity index is 227. The maximum absolute atomic E-state index is 10.3. The smallest absolute Gasteiger partial charge is 0.329 e. The summed E-state index contributed by atoms with van der Waals surface area (Å²) in [5.41, 5.74) is -0.338. The molecule has 0 radical (unpaired) electrons. The van der Waals surface area contributed by atoms with E-state index in [0.717, 1.165) is 19.6 Å². The lowest BCUT2D eigenvalue weighted by atomic mass is 9.96. The predicted octanol–water partition coefficient (Wildman–Crippen LogP) is -0.829. The Morgan fingerprint density at radius 3 is 2.69 bits per heavy atom. The maximum Gasteiger partial charge on any atom is 0.329 e. The summed E-state index contributed by atoms with van der Waals surface area (Å²) < 4.78 is 10.4. The minimum absolute atomic E-state index is 0.0411. The lowest BCUT2D eigenvalue weighted by molar-refractivity contribution is -0.165. The van der Waals surface area contributed by atoms with E-state index in [-0.39, 0.29) is 18.8 Å². The van der Waals surface area contributed by atoms with Crippen molar-refractivity contribution in [1.82, 2.24) is 4.90 Å². The van der Waals surface area contributed by atoms with Gasteiger partial charge in [0.1, 0.15) is 6.61 Å². The third kappa shape index (κ3) is 4.44. The molecular weight excluding hydrogens is 214 g/mol. The van der Waals surface area contributed by atoms with Crippen molar-refractivity contribution in [3.8, 4) is 0 Å². The van der Waals surface area contributed by atoms with Crippen molar-refractivity contribution in [3.05, 3.63) is 0 Å². The van der Waals surface area contributed by atoms with Gasteiger partial charge < -0.3 is 19.7 Å². The lowest BCUT2D eigenvalue weighted by Crippen LogP contribution is -2.62. The van der Waals surface area contributed by atoms with Crippen LogP contribution < -0.4 is 0 Å². The van der Waals surface area contributed by atoms with Gasteiger partial charge in [-0.15, -0.1) is 0 Å². The summed E-state index contributed by atoms with van der Waals surface area (Å²) in [6, 6.07) is 0. The van der Waals surface area contributed by atoms with E-state index in [1.54, 1.807) is 0 Å². The number of hydrogen-bond acceptors (Lipinski definition) is 5. The van der Waals surface area contributed by atoms with Crippen molar-refractivity contribution in [2.45, 2.75) is 12.5 Å². The number of carboxylic acids is 1. The Balaban J connectivity index is 2.04. The fraction of sp³-hybridized carbons (Fsp3) is 0.900. The van der Waals surface area contributed by atoms with Crippen LogP contribution in [0, 0.1) is 0 Å². The van der Waals surface area contributed by atoms with Crippen molar-refractivity contribution < 1.29 is 24.5 Å². The number of aliphatic carboxylic acids is 1. The molecule has 6 heteroatoms. The summed E-state index contributed by atoms with van der Waals surface area (Å²) in [5.74, 6) is -0.939. The Morgan fingerprint density at radius 2 is 2.12 bits per heavy atom. The molecule has 1 rings (SSSR count). The Morgan fingerprint density at radius 1 is 1.44 bits per heavy atom. The second-order valence-corrected chi connectivity index (χ2v) is 4.18. The van der Waals surface area contributed by atoms with Crippen LogP contribution >= 0.6 is 0 Å². The van der Waals surface area contributed by atoms with E-state index in [1.807, 2.05) is 6.92 Å². The number of rotatable bonds is 8. The van der Waals surface area contributed by atoms with Gasteiger partial charge in [0.05, 0.1) is 25.4 Å². The molecule has 0 spiro atoms. The standard InChI is InChI=1S/C10H19NO5/c1-10(16-6-9(13)14)7-11(8-10)2-4-15-5-3-12/h12H,2-8H2,1H3,(H,13,14). The summed E-state index contributed by atoms with van der Waals surface area (Å²) in [7, 11) is 0. The molecule has 94 valence electrons. The van der Waals surface area contributed by atoms with Crippen LogP contribution in [0.1, 0.15) is 6.92 Å². The lowest BCUT2D eigenvalue weighted by Gasteiger charge is -2.47. The van der Waals surface area contributed by atoms with Gasteiger partial charge in [-0.05, 0) is 6.92 Å². The quantitative estimate of drug-likeness (QED) is 0.533. The Kier molecular flexibility index (Phi) is 5.14. The molecule has 0 unspecified atom stereocenters. The summed E-state index contributed by atoms with van der Waals surface area (Å²) in [6.07, 6.45) is 0. The van der Waals surface area contributed by atoms with Crippen LogP contribution in [-0.4, -0.2) is 72.7 Å². The number of ether oxygens (including phenoxy) is 2. The van der Waals surface area contributed by atoms with Crippen molar-refractivity contribution in [2.24, 2.45) is 0 Å². The zero-order valence-electron chi connectivity index (χ0n) is 9.52. The monoisotopic (exact) mass is 233 g/mol. The highest BCUT2D eigenvalue weighted by Crippen LogP contribution is 2.23. The molecule has 1 aliphatic heterocycles. The molecule has 2 N–H and O–H groups in total. The second-order valence-electron chi connectivity index (χ2n) is 4.18. The van der Waals surface area contributed by atoms with Gasteiger partial charge in [0.15, 0.2) is 0 Å². The van der Waals surface area contributed by atoms with E-state index in [2.05, 4.69) is 4.90 Å². The first-order valence-electron chi connectivity index (χ1n) is 5.32. The second kappa shape index (κ2) is 6.15. The van der Waals surface area contributed by atoms with Crippen LogP contribution in [0.15, 0.2) is 0 Å². The molecule has 0 atom stereocenters. The van der Waals surface area contributed by atoms with E-state index < -0.39 is 5.97 Å². The van der Waals surface area contributed by atoms with Gasteiger partial charge in [-0.2, -0.15) is 0 Å². The summed E-state index contributed by atoms with van der Waals surface area (Å²) in [5, 5.41) is 17.0. The number of likely N-dealkylation sites (tertiary alicyclic amines) is 1. The van der Waals surface area contributed by atoms with Crippen LogP contribution in [0.2, 0.25) is 0 Å². The number of aliphatic hydroxyl groups excluding tert-OH is 1. The van der Waals surface area contributed by atoms with Crippen LogP contribution in [0.4, 0.5) is 0 Å². The highest BCUT2D eigenvalue weighted by atomic mass is 16.5. The molecule has 1 saturated heterocycles. The molecule has 0 aromatic carbocycles. The van der Waals surface area contributed by atoms with Gasteiger partial charge >= 0.3 is 5.97 Å². The number of carbonyl (C=O) groups is 1. The zero-order chi connectivity index (χ0) is 12.0. The summed E-state index contributed by atoms with van der Waals surface area (Å²) >= 11 is 0. The van der Waals surface area contributed by atoms with Crippen LogP contribution in [0.25, 0.3) is 0 Å². The van der Waals surface area contributed by atoms with Crippen LogP contribution in [0.3, 0.4) is 0 Å². The number of hydrogen-bond donors (Lipinski definition) is 2. The molecule has 16 heavy (non-hydrogen) atoms. The molecule has 1 aliphatic rings. The van der Waals surface area contributed by atoms with E-state index in [4.69, 9.17) is 19.7 Å². The zero-order valence-corrected chi connectivity index (χ0v) is 9.52. The number of carboxylic acid groups (broad SMARTS) is 1. The van der Waals surface area contributed by atoms with Crippen molar-refractivity contribution >= 4 is 5.97 Å². The fourth-order valence-corrected chi connectivity index (χ4v) is 1.75. The summed E-state index contributed by atoms with van der Waals surface area (Å²) in [6.45, 7) is 4.87. The summed E-state index contributed by atoms with van der Waals surface area (Å²) in [4.78, 5) is 12.5. The van der Waals surface area contributed by atoms with Crippen LogP contribution in [-0.2, 0) is 14.3 Å². The van der Waals surface area contributed by atoms with E-state index in [9.17, 15) is 4.79 Å². The first-order chi connectivity index (χ1) is 7.56. The molecule has 6 nitrogen and oxygen atoms in total.